The van der Waals surface area contributed by atoms with Gasteiger partial charge in [0.1, 0.15) is 11.6 Å². The van der Waals surface area contributed by atoms with Crippen molar-refractivity contribution in [2.24, 2.45) is 35.5 Å². The number of benzene rings is 1. The van der Waals surface area contributed by atoms with Crippen LogP contribution in [0.2, 0.25) is 5.02 Å². The molecule has 314 valence electrons. The Bertz CT molecular complexity index is 1720. The zero-order valence-corrected chi connectivity index (χ0v) is 35.4. The van der Waals surface area contributed by atoms with Gasteiger partial charge in [-0.3, -0.25) is 14.4 Å². The monoisotopic (exact) mass is 830 g/mol. The minimum absolute atomic E-state index is 0.00263. The summed E-state index contributed by atoms with van der Waals surface area (Å²) in [5.74, 6) is 2.24. The minimum Gasteiger partial charge on any atom is -0.386 e. The summed E-state index contributed by atoms with van der Waals surface area (Å²) in [6, 6.07) is 5.61. The van der Waals surface area contributed by atoms with Crippen LogP contribution in [0.3, 0.4) is 0 Å². The Morgan fingerprint density at radius 1 is 1.00 bits per heavy atom. The smallest absolute Gasteiger partial charge is 0.386 e. The molecule has 0 spiro atoms. The number of hydrogen-bond donors (Lipinski definition) is 2. The first-order valence-corrected chi connectivity index (χ1v) is 23.0. The number of anilines is 1. The van der Waals surface area contributed by atoms with Crippen LogP contribution in [0.4, 0.5) is 18.9 Å². The first-order chi connectivity index (χ1) is 27.3. The Kier molecular flexibility index (Phi) is 14.1. The first kappa shape index (κ1) is 42.6. The van der Waals surface area contributed by atoms with Crippen molar-refractivity contribution in [3.05, 3.63) is 50.2 Å². The van der Waals surface area contributed by atoms with Crippen molar-refractivity contribution in [3.8, 4) is 0 Å². The van der Waals surface area contributed by atoms with Crippen LogP contribution in [0, 0.1) is 35.5 Å². The van der Waals surface area contributed by atoms with E-state index >= 15 is 0 Å². The van der Waals surface area contributed by atoms with E-state index in [4.69, 9.17) is 11.6 Å². The number of Topliss-reactive ketones (excluding diaryl/α,β-unsaturated/α-hetero) is 2. The summed E-state index contributed by atoms with van der Waals surface area (Å²) in [6.45, 7) is 3.35. The van der Waals surface area contributed by atoms with Gasteiger partial charge in [-0.2, -0.15) is 13.2 Å². The average Bonchev–Trinajstić information content (AvgIpc) is 3.83. The summed E-state index contributed by atoms with van der Waals surface area (Å²) in [4.78, 5) is 46.5. The second kappa shape index (κ2) is 18.8. The molecule has 1 aromatic carbocycles. The number of alkyl halides is 3. The molecule has 5 atom stereocenters. The van der Waals surface area contributed by atoms with Crippen LogP contribution in [-0.2, 0) is 39.8 Å². The Labute approximate surface area is 346 Å². The molecule has 2 saturated carbocycles. The summed E-state index contributed by atoms with van der Waals surface area (Å²) in [5, 5.41) is 8.57. The Balaban J connectivity index is 0.925. The van der Waals surface area contributed by atoms with Gasteiger partial charge in [0.05, 0.1) is 16.3 Å². The first-order valence-electron chi connectivity index (χ1n) is 21.7. The van der Waals surface area contributed by atoms with Gasteiger partial charge in [-0.15, -0.1) is 11.3 Å². The molecule has 57 heavy (non-hydrogen) atoms. The number of amides is 1. The molecule has 1 amide bonds. The average molecular weight is 832 g/mol. The fourth-order valence-corrected chi connectivity index (χ4v) is 12.1. The van der Waals surface area contributed by atoms with Gasteiger partial charge in [-0.1, -0.05) is 37.3 Å². The lowest BCUT2D eigenvalue weighted by molar-refractivity contribution is -0.139. The van der Waals surface area contributed by atoms with E-state index in [0.717, 1.165) is 101 Å². The topological polar surface area (TPSA) is 81.8 Å². The molecule has 1 aromatic heterocycles. The molecule has 0 radical (unpaired) electrons. The van der Waals surface area contributed by atoms with Gasteiger partial charge in [0.25, 0.3) is 0 Å². The Morgan fingerprint density at radius 2 is 1.74 bits per heavy atom. The third-order valence-electron chi connectivity index (χ3n) is 14.1. The number of nitrogens with one attached hydrogen (secondary N) is 2. The number of aryl methyl sites for hydroxylation is 1. The van der Waals surface area contributed by atoms with E-state index in [0.29, 0.717) is 61.2 Å². The summed E-state index contributed by atoms with van der Waals surface area (Å²) < 4.78 is 42.3. The van der Waals surface area contributed by atoms with Gasteiger partial charge in [0, 0.05) is 81.3 Å². The Hall–Kier alpha value is -2.47. The van der Waals surface area contributed by atoms with Crippen molar-refractivity contribution in [3.63, 3.8) is 0 Å². The summed E-state index contributed by atoms with van der Waals surface area (Å²) in [7, 11) is 3.59. The highest BCUT2D eigenvalue weighted by Gasteiger charge is 2.47. The predicted molar refractivity (Wildman–Crippen MR) is 222 cm³/mol. The summed E-state index contributed by atoms with van der Waals surface area (Å²) in [6.07, 6.45) is 9.39. The number of fused-ring (bicyclic) bond motifs is 2. The third kappa shape index (κ3) is 11.0. The SMILES string of the molecule is CNc1c(Cl)cc(C[C@@H](CC(=O)CCC2CCC(CCC3Cc4sccc4CCCC3=O)CC2)C(=O)N2CCC(NC3CN(C)CC4CC43)CC2)cc1C(F)(F)F. The van der Waals surface area contributed by atoms with E-state index in [1.54, 1.807) is 11.3 Å². The molecule has 2 aliphatic heterocycles. The molecule has 4 unspecified atom stereocenters. The molecular weight excluding hydrogens is 769 g/mol. The van der Waals surface area contributed by atoms with Crippen molar-refractivity contribution in [1.82, 2.24) is 15.1 Å². The Morgan fingerprint density at radius 3 is 2.46 bits per heavy atom. The minimum atomic E-state index is -4.63. The molecule has 5 aliphatic rings. The number of likely N-dealkylation sites (N-methyl/N-ethyl adjacent to an activating group) is 1. The normalized spacial score (nSPS) is 27.9. The van der Waals surface area contributed by atoms with Gasteiger partial charge >= 0.3 is 6.18 Å². The van der Waals surface area contributed by atoms with Crippen LogP contribution >= 0.6 is 22.9 Å². The quantitative estimate of drug-likeness (QED) is 0.198. The van der Waals surface area contributed by atoms with Crippen molar-refractivity contribution in [1.29, 1.82) is 0 Å². The zero-order chi connectivity index (χ0) is 40.3. The molecule has 2 saturated heterocycles. The zero-order valence-electron chi connectivity index (χ0n) is 33.8. The number of carbonyl (C=O) groups is 3. The molecule has 0 bridgehead atoms. The lowest BCUT2D eigenvalue weighted by Gasteiger charge is -2.38. The predicted octanol–water partition coefficient (Wildman–Crippen LogP) is 9.24. The van der Waals surface area contributed by atoms with Gasteiger partial charge in [0.2, 0.25) is 5.91 Å². The van der Waals surface area contributed by atoms with Crippen LogP contribution in [0.15, 0.2) is 23.6 Å². The van der Waals surface area contributed by atoms with Gasteiger partial charge in [-0.05, 0) is 130 Å². The van der Waals surface area contributed by atoms with Gasteiger partial charge in [-0.25, -0.2) is 0 Å². The van der Waals surface area contributed by atoms with Crippen molar-refractivity contribution in [2.75, 3.05) is 45.6 Å². The van der Waals surface area contributed by atoms with Gasteiger partial charge < -0.3 is 20.4 Å². The number of ketones is 2. The number of hydrogen-bond acceptors (Lipinski definition) is 7. The number of carbonyl (C=O) groups excluding carboxylic acids is 3. The van der Waals surface area contributed by atoms with Crippen molar-refractivity contribution >= 4 is 46.1 Å². The molecule has 7 rings (SSSR count). The lowest BCUT2D eigenvalue weighted by atomic mass is 9.76. The fraction of sp³-hybridized carbons (Fsp3) is 0.711. The highest BCUT2D eigenvalue weighted by molar-refractivity contribution is 7.10. The molecule has 2 aromatic rings. The summed E-state index contributed by atoms with van der Waals surface area (Å²) >= 11 is 8.16. The number of thiophene rings is 1. The standard InChI is InChI=1S/C45H62ClF3N4O3S/c1-50-43-38(45(47,48)49)21-30(22-39(43)46)20-33(44(56)53-17-14-35(15-18-53)51-40-27-52(2)26-34-24-37(34)40)23-36(54)13-11-29-8-6-28(7-9-29)10-12-32-25-42-31(16-19-57-42)4-3-5-41(32)55/h16,19,21-22,28-29,32-35,37,40,50-51H,3-15,17-18,20,23-27H2,1-2H3/t28?,29?,32?,33-,34?,37?,40?/m0/s1. The third-order valence-corrected chi connectivity index (χ3v) is 15.4. The van der Waals surface area contributed by atoms with Crippen LogP contribution < -0.4 is 10.6 Å². The highest BCUT2D eigenvalue weighted by Crippen LogP contribution is 2.45. The molecule has 12 heteroatoms. The number of piperidine rings is 2. The van der Waals surface area contributed by atoms with E-state index in [-0.39, 0.29) is 41.2 Å². The van der Waals surface area contributed by atoms with Crippen LogP contribution in [0.25, 0.3) is 0 Å². The maximum absolute atomic E-state index is 14.2. The molecule has 3 aliphatic carbocycles. The molecular formula is C45H62ClF3N4O3S. The van der Waals surface area contributed by atoms with E-state index in [1.165, 1.54) is 36.5 Å². The summed E-state index contributed by atoms with van der Waals surface area (Å²) in [5.41, 5.74) is 0.678. The number of nitrogens with zero attached hydrogens (tertiary/aromatic N) is 2. The van der Waals surface area contributed by atoms with E-state index in [1.807, 2.05) is 4.90 Å². The largest absolute Gasteiger partial charge is 0.418 e. The molecule has 3 heterocycles. The highest BCUT2D eigenvalue weighted by atomic mass is 35.5. The van der Waals surface area contributed by atoms with Crippen molar-refractivity contribution < 1.29 is 27.6 Å². The van der Waals surface area contributed by atoms with Crippen LogP contribution in [0.1, 0.15) is 111 Å². The maximum Gasteiger partial charge on any atom is 0.418 e. The lowest BCUT2D eigenvalue weighted by Crippen LogP contribution is -2.53. The van der Waals surface area contributed by atoms with Crippen molar-refractivity contribution in [2.45, 2.75) is 127 Å². The van der Waals surface area contributed by atoms with E-state index in [2.05, 4.69) is 34.0 Å². The number of rotatable bonds is 14. The number of likely N-dealkylation sites (tertiary alicyclic amines) is 2. The number of halogens is 4. The molecule has 7 nitrogen and oxygen atoms in total. The molecule has 2 N–H and O–H groups in total. The second-order valence-electron chi connectivity index (χ2n) is 18.2. The fourth-order valence-electron chi connectivity index (χ4n) is 10.7. The molecule has 4 fully saturated rings. The van der Waals surface area contributed by atoms with Gasteiger partial charge in [0.15, 0.2) is 0 Å². The maximum atomic E-state index is 14.2. The van der Waals surface area contributed by atoms with Crippen LogP contribution in [0.5, 0.6) is 0 Å². The second-order valence-corrected chi connectivity index (χ2v) is 19.6. The van der Waals surface area contributed by atoms with E-state index < -0.39 is 17.7 Å². The van der Waals surface area contributed by atoms with Crippen LogP contribution in [-0.4, -0.2) is 79.6 Å². The van der Waals surface area contributed by atoms with E-state index in [9.17, 15) is 27.6 Å².